The molecule has 0 aliphatic carbocycles. The van der Waals surface area contributed by atoms with Crippen molar-refractivity contribution in [2.24, 2.45) is 4.99 Å². The van der Waals surface area contributed by atoms with E-state index in [2.05, 4.69) is 15.6 Å². The smallest absolute Gasteiger partial charge is 0.341 e. The lowest BCUT2D eigenvalue weighted by atomic mass is 10.1. The van der Waals surface area contributed by atoms with Gasteiger partial charge in [0, 0.05) is 27.2 Å². The van der Waals surface area contributed by atoms with Crippen LogP contribution in [0.3, 0.4) is 0 Å². The first-order valence-electron chi connectivity index (χ1n) is 7.61. The lowest BCUT2D eigenvalue weighted by Gasteiger charge is -2.24. The van der Waals surface area contributed by atoms with Gasteiger partial charge in [0.1, 0.15) is 11.3 Å². The monoisotopic (exact) mass is 337 g/mol. The van der Waals surface area contributed by atoms with Gasteiger partial charge in [-0.25, -0.2) is 4.79 Å². The van der Waals surface area contributed by atoms with Crippen molar-refractivity contribution in [3.8, 4) is 5.75 Å². The molecule has 0 aliphatic heterocycles. The molecule has 2 N–H and O–H groups in total. The van der Waals surface area contributed by atoms with E-state index in [1.54, 1.807) is 26.3 Å². The molecule has 7 nitrogen and oxygen atoms in total. The van der Waals surface area contributed by atoms with Crippen molar-refractivity contribution in [1.29, 1.82) is 0 Å². The predicted molar refractivity (Wildman–Crippen MR) is 93.6 cm³/mol. The zero-order chi connectivity index (χ0) is 18.2. The standard InChI is InChI=1S/C17H27N3O4/c1-17(2,24-6)11-20-16(18-3)19-10-12-7-8-13(15(21)23-5)14(9-12)22-4/h7-9H,10-11H2,1-6H3,(H2,18,19,20). The quantitative estimate of drug-likeness (QED) is 0.447. The molecule has 0 saturated carbocycles. The Morgan fingerprint density at radius 2 is 1.92 bits per heavy atom. The molecule has 0 bridgehead atoms. The van der Waals surface area contributed by atoms with Crippen LogP contribution in [0.5, 0.6) is 5.75 Å². The van der Waals surface area contributed by atoms with Gasteiger partial charge >= 0.3 is 5.97 Å². The summed E-state index contributed by atoms with van der Waals surface area (Å²) in [6.45, 7) is 5.13. The zero-order valence-corrected chi connectivity index (χ0v) is 15.2. The van der Waals surface area contributed by atoms with Crippen molar-refractivity contribution >= 4 is 11.9 Å². The summed E-state index contributed by atoms with van der Waals surface area (Å²) >= 11 is 0. The lowest BCUT2D eigenvalue weighted by Crippen LogP contribution is -2.45. The van der Waals surface area contributed by atoms with Gasteiger partial charge in [-0.15, -0.1) is 0 Å². The van der Waals surface area contributed by atoms with Gasteiger partial charge in [-0.1, -0.05) is 6.07 Å². The molecule has 0 aromatic heterocycles. The number of aliphatic imine (C=N–C) groups is 1. The molecule has 0 radical (unpaired) electrons. The third kappa shape index (κ3) is 5.73. The summed E-state index contributed by atoms with van der Waals surface area (Å²) in [5, 5.41) is 6.41. The lowest BCUT2D eigenvalue weighted by molar-refractivity contribution is 0.0268. The summed E-state index contributed by atoms with van der Waals surface area (Å²) in [6.07, 6.45) is 0. The summed E-state index contributed by atoms with van der Waals surface area (Å²) < 4.78 is 15.4. The summed E-state index contributed by atoms with van der Waals surface area (Å²) in [6, 6.07) is 5.33. The Labute approximate surface area is 143 Å². The van der Waals surface area contributed by atoms with Gasteiger partial charge < -0.3 is 24.8 Å². The minimum Gasteiger partial charge on any atom is -0.496 e. The van der Waals surface area contributed by atoms with E-state index in [0.717, 1.165) is 5.56 Å². The number of nitrogens with zero attached hydrogens (tertiary/aromatic N) is 1. The first-order valence-corrected chi connectivity index (χ1v) is 7.61. The number of esters is 1. The number of hydrogen-bond donors (Lipinski definition) is 2. The molecule has 0 atom stereocenters. The van der Waals surface area contributed by atoms with Crippen molar-refractivity contribution in [1.82, 2.24) is 10.6 Å². The number of benzene rings is 1. The number of rotatable bonds is 7. The van der Waals surface area contributed by atoms with Gasteiger partial charge in [-0.3, -0.25) is 4.99 Å². The Kier molecular flexibility index (Phi) is 7.51. The van der Waals surface area contributed by atoms with E-state index in [1.165, 1.54) is 14.2 Å². The minimum atomic E-state index is -0.425. The largest absolute Gasteiger partial charge is 0.496 e. The Morgan fingerprint density at radius 3 is 2.46 bits per heavy atom. The Morgan fingerprint density at radius 1 is 1.21 bits per heavy atom. The maximum Gasteiger partial charge on any atom is 0.341 e. The molecule has 1 aromatic rings. The summed E-state index contributed by atoms with van der Waals surface area (Å²) in [5.41, 5.74) is 1.06. The van der Waals surface area contributed by atoms with Crippen LogP contribution in [0, 0.1) is 0 Å². The third-order valence-corrected chi connectivity index (χ3v) is 3.59. The highest BCUT2D eigenvalue weighted by Gasteiger charge is 2.17. The van der Waals surface area contributed by atoms with Crippen molar-refractivity contribution in [3.63, 3.8) is 0 Å². The molecule has 0 aliphatic rings. The van der Waals surface area contributed by atoms with Crippen LogP contribution in [0.15, 0.2) is 23.2 Å². The molecular formula is C17H27N3O4. The fourth-order valence-corrected chi connectivity index (χ4v) is 1.90. The molecule has 0 fully saturated rings. The summed E-state index contributed by atoms with van der Waals surface area (Å²) in [5.74, 6) is 0.714. The molecule has 0 saturated heterocycles. The average molecular weight is 337 g/mol. The van der Waals surface area contributed by atoms with Crippen LogP contribution in [0.1, 0.15) is 29.8 Å². The van der Waals surface area contributed by atoms with Gasteiger partial charge in [0.15, 0.2) is 5.96 Å². The normalized spacial score (nSPS) is 11.8. The van der Waals surface area contributed by atoms with E-state index in [4.69, 9.17) is 14.2 Å². The molecule has 7 heteroatoms. The predicted octanol–water partition coefficient (Wildman–Crippen LogP) is 1.57. The van der Waals surface area contributed by atoms with Crippen molar-refractivity contribution in [2.75, 3.05) is 34.9 Å². The maximum absolute atomic E-state index is 11.7. The van der Waals surface area contributed by atoms with Crippen LogP contribution in [0.2, 0.25) is 0 Å². The van der Waals surface area contributed by atoms with Gasteiger partial charge in [0.25, 0.3) is 0 Å². The second-order valence-electron chi connectivity index (χ2n) is 5.77. The van der Waals surface area contributed by atoms with Gasteiger partial charge in [0.2, 0.25) is 0 Å². The van der Waals surface area contributed by atoms with E-state index in [-0.39, 0.29) is 5.60 Å². The first-order chi connectivity index (χ1) is 11.4. The number of nitrogens with one attached hydrogen (secondary N) is 2. The number of ether oxygens (including phenoxy) is 3. The average Bonchev–Trinajstić information content (AvgIpc) is 2.60. The van der Waals surface area contributed by atoms with Gasteiger partial charge in [-0.2, -0.15) is 0 Å². The second-order valence-corrected chi connectivity index (χ2v) is 5.77. The number of hydrogen-bond acceptors (Lipinski definition) is 5. The highest BCUT2D eigenvalue weighted by Crippen LogP contribution is 2.21. The zero-order valence-electron chi connectivity index (χ0n) is 15.2. The maximum atomic E-state index is 11.7. The molecule has 0 heterocycles. The summed E-state index contributed by atoms with van der Waals surface area (Å²) in [4.78, 5) is 15.8. The van der Waals surface area contributed by atoms with Crippen LogP contribution in [0.4, 0.5) is 0 Å². The van der Waals surface area contributed by atoms with Crippen LogP contribution in [-0.4, -0.2) is 52.5 Å². The number of carbonyl (C=O) groups is 1. The van der Waals surface area contributed by atoms with E-state index in [9.17, 15) is 4.79 Å². The Bertz CT molecular complexity index is 585. The third-order valence-electron chi connectivity index (χ3n) is 3.59. The van der Waals surface area contributed by atoms with E-state index in [1.807, 2.05) is 19.9 Å². The van der Waals surface area contributed by atoms with Crippen molar-refractivity contribution in [3.05, 3.63) is 29.3 Å². The highest BCUT2D eigenvalue weighted by molar-refractivity contribution is 5.92. The number of guanidine groups is 1. The van der Waals surface area contributed by atoms with E-state index >= 15 is 0 Å². The topological polar surface area (TPSA) is 81.2 Å². The SMILES string of the molecule is CN=C(NCc1ccc(C(=O)OC)c(OC)c1)NCC(C)(C)OC. The van der Waals surface area contributed by atoms with Crippen LogP contribution < -0.4 is 15.4 Å². The molecule has 0 spiro atoms. The van der Waals surface area contributed by atoms with Crippen LogP contribution in [0.25, 0.3) is 0 Å². The molecule has 0 unspecified atom stereocenters. The second kappa shape index (κ2) is 9.12. The molecular weight excluding hydrogens is 310 g/mol. The fourth-order valence-electron chi connectivity index (χ4n) is 1.90. The minimum absolute atomic E-state index is 0.289. The fraction of sp³-hybridized carbons (Fsp3) is 0.529. The van der Waals surface area contributed by atoms with Gasteiger partial charge in [0.05, 0.1) is 19.8 Å². The van der Waals surface area contributed by atoms with Crippen molar-refractivity contribution < 1.29 is 19.0 Å². The number of methoxy groups -OCH3 is 3. The summed E-state index contributed by atoms with van der Waals surface area (Å²) in [7, 11) is 6.24. The molecule has 134 valence electrons. The molecule has 24 heavy (non-hydrogen) atoms. The van der Waals surface area contributed by atoms with E-state index in [0.29, 0.717) is 30.4 Å². The van der Waals surface area contributed by atoms with E-state index < -0.39 is 5.97 Å². The number of carbonyl (C=O) groups excluding carboxylic acids is 1. The molecule has 1 rings (SSSR count). The molecule has 0 amide bonds. The van der Waals surface area contributed by atoms with Crippen molar-refractivity contribution in [2.45, 2.75) is 26.0 Å². The first kappa shape index (κ1) is 19.8. The van der Waals surface area contributed by atoms with Crippen LogP contribution in [-0.2, 0) is 16.0 Å². The molecule has 1 aromatic carbocycles. The van der Waals surface area contributed by atoms with Gasteiger partial charge in [-0.05, 0) is 31.5 Å². The highest BCUT2D eigenvalue weighted by atomic mass is 16.5. The van der Waals surface area contributed by atoms with Crippen LogP contribution >= 0.6 is 0 Å². The Balaban J connectivity index is 2.70. The Hall–Kier alpha value is -2.28.